The van der Waals surface area contributed by atoms with Gasteiger partial charge in [0, 0.05) is 24.9 Å². The molecule has 2 aromatic rings. The van der Waals surface area contributed by atoms with Gasteiger partial charge in [0.2, 0.25) is 5.91 Å². The van der Waals surface area contributed by atoms with Crippen LogP contribution in [-0.2, 0) is 11.2 Å². The Kier molecular flexibility index (Phi) is 5.20. The van der Waals surface area contributed by atoms with Crippen molar-refractivity contribution in [1.29, 1.82) is 0 Å². The Balaban J connectivity index is 1.93. The first-order chi connectivity index (χ1) is 10.2. The van der Waals surface area contributed by atoms with Gasteiger partial charge in [-0.25, -0.2) is 4.98 Å². The van der Waals surface area contributed by atoms with E-state index in [2.05, 4.69) is 15.3 Å². The summed E-state index contributed by atoms with van der Waals surface area (Å²) in [4.78, 5) is 19.7. The van der Waals surface area contributed by atoms with Crippen LogP contribution in [0.3, 0.4) is 0 Å². The fourth-order valence-electron chi connectivity index (χ4n) is 2.39. The maximum absolute atomic E-state index is 11.9. The standard InChI is InChI=1S/C16H23N3O2/c1-4-11(5-2)16(20)17-9-8-15-18-13-7-6-12(21-3)10-14(13)19-15/h6-7,10-11H,4-5,8-9H2,1-3H3,(H,17,20)(H,18,19). The van der Waals surface area contributed by atoms with Crippen molar-refractivity contribution in [3.8, 4) is 5.75 Å². The maximum atomic E-state index is 11.9. The van der Waals surface area contributed by atoms with Gasteiger partial charge in [0.05, 0.1) is 18.1 Å². The van der Waals surface area contributed by atoms with Gasteiger partial charge < -0.3 is 15.0 Å². The van der Waals surface area contributed by atoms with Crippen LogP contribution in [0.15, 0.2) is 18.2 Å². The van der Waals surface area contributed by atoms with E-state index in [1.807, 2.05) is 32.0 Å². The zero-order chi connectivity index (χ0) is 15.2. The first kappa shape index (κ1) is 15.4. The number of methoxy groups -OCH3 is 1. The molecular weight excluding hydrogens is 266 g/mol. The normalized spacial score (nSPS) is 11.0. The molecule has 0 saturated heterocycles. The van der Waals surface area contributed by atoms with E-state index in [1.54, 1.807) is 7.11 Å². The number of hydrogen-bond donors (Lipinski definition) is 2. The largest absolute Gasteiger partial charge is 0.497 e. The quantitative estimate of drug-likeness (QED) is 0.823. The van der Waals surface area contributed by atoms with Crippen LogP contribution in [-0.4, -0.2) is 29.5 Å². The minimum Gasteiger partial charge on any atom is -0.497 e. The Labute approximate surface area is 125 Å². The number of imidazole rings is 1. The van der Waals surface area contributed by atoms with E-state index in [0.29, 0.717) is 13.0 Å². The van der Waals surface area contributed by atoms with Crippen LogP contribution < -0.4 is 10.1 Å². The molecule has 114 valence electrons. The lowest BCUT2D eigenvalue weighted by molar-refractivity contribution is -0.125. The summed E-state index contributed by atoms with van der Waals surface area (Å²) < 4.78 is 5.19. The van der Waals surface area contributed by atoms with E-state index in [1.165, 1.54) is 0 Å². The summed E-state index contributed by atoms with van der Waals surface area (Å²) in [6, 6.07) is 5.74. The number of fused-ring (bicyclic) bond motifs is 1. The molecule has 5 heteroatoms. The summed E-state index contributed by atoms with van der Waals surface area (Å²) >= 11 is 0. The van der Waals surface area contributed by atoms with Crippen molar-refractivity contribution >= 4 is 16.9 Å². The van der Waals surface area contributed by atoms with E-state index >= 15 is 0 Å². The van der Waals surface area contributed by atoms with Crippen LogP contribution >= 0.6 is 0 Å². The third-order valence-electron chi connectivity index (χ3n) is 3.76. The minimum absolute atomic E-state index is 0.116. The van der Waals surface area contributed by atoms with E-state index in [-0.39, 0.29) is 11.8 Å². The lowest BCUT2D eigenvalue weighted by Crippen LogP contribution is -2.31. The van der Waals surface area contributed by atoms with Gasteiger partial charge in [0.15, 0.2) is 0 Å². The Morgan fingerprint density at radius 3 is 2.81 bits per heavy atom. The number of amides is 1. The fraction of sp³-hybridized carbons (Fsp3) is 0.500. The molecular formula is C16H23N3O2. The number of aromatic amines is 1. The van der Waals surface area contributed by atoms with Crippen LogP contribution in [0.2, 0.25) is 0 Å². The van der Waals surface area contributed by atoms with E-state index < -0.39 is 0 Å². The van der Waals surface area contributed by atoms with E-state index in [9.17, 15) is 4.79 Å². The molecule has 1 amide bonds. The molecule has 2 N–H and O–H groups in total. The molecule has 2 rings (SSSR count). The Morgan fingerprint density at radius 2 is 2.14 bits per heavy atom. The van der Waals surface area contributed by atoms with Crippen molar-refractivity contribution in [3.63, 3.8) is 0 Å². The van der Waals surface area contributed by atoms with Crippen LogP contribution in [0.25, 0.3) is 11.0 Å². The predicted molar refractivity (Wildman–Crippen MR) is 83.4 cm³/mol. The monoisotopic (exact) mass is 289 g/mol. The molecule has 0 aliphatic carbocycles. The SMILES string of the molecule is CCC(CC)C(=O)NCCc1nc2ccc(OC)cc2[nH]1. The second kappa shape index (κ2) is 7.11. The molecule has 0 aliphatic rings. The Hall–Kier alpha value is -2.04. The summed E-state index contributed by atoms with van der Waals surface area (Å²) in [6.07, 6.45) is 2.46. The zero-order valence-corrected chi connectivity index (χ0v) is 12.9. The van der Waals surface area contributed by atoms with Crippen molar-refractivity contribution in [3.05, 3.63) is 24.0 Å². The highest BCUT2D eigenvalue weighted by atomic mass is 16.5. The van der Waals surface area contributed by atoms with Crippen molar-refractivity contribution in [2.24, 2.45) is 5.92 Å². The minimum atomic E-state index is 0.116. The van der Waals surface area contributed by atoms with E-state index in [0.717, 1.165) is 35.4 Å². The zero-order valence-electron chi connectivity index (χ0n) is 12.9. The number of benzene rings is 1. The molecule has 0 spiro atoms. The highest BCUT2D eigenvalue weighted by molar-refractivity contribution is 5.78. The van der Waals surface area contributed by atoms with Crippen LogP contribution in [0.4, 0.5) is 0 Å². The molecule has 1 aromatic carbocycles. The molecule has 21 heavy (non-hydrogen) atoms. The number of ether oxygens (including phenoxy) is 1. The molecule has 0 bridgehead atoms. The predicted octanol–water partition coefficient (Wildman–Crippen LogP) is 2.67. The highest BCUT2D eigenvalue weighted by Crippen LogP contribution is 2.18. The Morgan fingerprint density at radius 1 is 1.38 bits per heavy atom. The van der Waals surface area contributed by atoms with Crippen LogP contribution in [0, 0.1) is 5.92 Å². The lowest BCUT2D eigenvalue weighted by Gasteiger charge is -2.11. The Bertz CT molecular complexity index is 603. The summed E-state index contributed by atoms with van der Waals surface area (Å²) in [5.41, 5.74) is 1.87. The summed E-state index contributed by atoms with van der Waals surface area (Å²) in [7, 11) is 1.64. The van der Waals surface area contributed by atoms with Gasteiger partial charge in [-0.05, 0) is 25.0 Å². The molecule has 0 saturated carbocycles. The number of H-pyrrole nitrogens is 1. The van der Waals surface area contributed by atoms with E-state index in [4.69, 9.17) is 4.74 Å². The van der Waals surface area contributed by atoms with Crippen molar-refractivity contribution in [1.82, 2.24) is 15.3 Å². The number of hydrogen-bond acceptors (Lipinski definition) is 3. The van der Waals surface area contributed by atoms with Crippen molar-refractivity contribution in [2.45, 2.75) is 33.1 Å². The van der Waals surface area contributed by atoms with Gasteiger partial charge in [-0.15, -0.1) is 0 Å². The van der Waals surface area contributed by atoms with Gasteiger partial charge in [0.1, 0.15) is 11.6 Å². The van der Waals surface area contributed by atoms with Gasteiger partial charge in [-0.1, -0.05) is 13.8 Å². The third kappa shape index (κ3) is 3.74. The second-order valence-electron chi connectivity index (χ2n) is 5.12. The van der Waals surface area contributed by atoms with Crippen molar-refractivity contribution in [2.75, 3.05) is 13.7 Å². The smallest absolute Gasteiger partial charge is 0.223 e. The average Bonchev–Trinajstić information content (AvgIpc) is 2.90. The molecule has 5 nitrogen and oxygen atoms in total. The molecule has 1 aromatic heterocycles. The number of carbonyl (C=O) groups excluding carboxylic acids is 1. The molecule has 1 heterocycles. The summed E-state index contributed by atoms with van der Waals surface area (Å²) in [6.45, 7) is 4.69. The number of nitrogens with zero attached hydrogens (tertiary/aromatic N) is 1. The third-order valence-corrected chi connectivity index (χ3v) is 3.76. The summed E-state index contributed by atoms with van der Waals surface area (Å²) in [5.74, 6) is 1.94. The van der Waals surface area contributed by atoms with Crippen molar-refractivity contribution < 1.29 is 9.53 Å². The average molecular weight is 289 g/mol. The lowest BCUT2D eigenvalue weighted by atomic mass is 10.0. The van der Waals surface area contributed by atoms with Gasteiger partial charge >= 0.3 is 0 Å². The molecule has 0 radical (unpaired) electrons. The molecule has 0 unspecified atom stereocenters. The number of aromatic nitrogens is 2. The number of carbonyl (C=O) groups is 1. The first-order valence-corrected chi connectivity index (χ1v) is 7.48. The first-order valence-electron chi connectivity index (χ1n) is 7.48. The fourth-order valence-corrected chi connectivity index (χ4v) is 2.39. The molecule has 0 fully saturated rings. The highest BCUT2D eigenvalue weighted by Gasteiger charge is 2.13. The second-order valence-corrected chi connectivity index (χ2v) is 5.12. The number of rotatable bonds is 7. The topological polar surface area (TPSA) is 67.0 Å². The van der Waals surface area contributed by atoms with Gasteiger partial charge in [-0.3, -0.25) is 4.79 Å². The maximum Gasteiger partial charge on any atom is 0.223 e. The molecule has 0 atom stereocenters. The van der Waals surface area contributed by atoms with Gasteiger partial charge in [-0.2, -0.15) is 0 Å². The van der Waals surface area contributed by atoms with Crippen LogP contribution in [0.5, 0.6) is 5.75 Å². The number of nitrogens with one attached hydrogen (secondary N) is 2. The van der Waals surface area contributed by atoms with Crippen LogP contribution in [0.1, 0.15) is 32.5 Å². The van der Waals surface area contributed by atoms with Gasteiger partial charge in [0.25, 0.3) is 0 Å². The molecule has 0 aliphatic heterocycles. The summed E-state index contributed by atoms with van der Waals surface area (Å²) in [5, 5.41) is 2.98.